The van der Waals surface area contributed by atoms with Gasteiger partial charge in [-0.05, 0) is 38.8 Å². The van der Waals surface area contributed by atoms with Crippen molar-refractivity contribution >= 4 is 5.82 Å². The molecule has 2 fully saturated rings. The van der Waals surface area contributed by atoms with Crippen molar-refractivity contribution in [1.29, 1.82) is 0 Å². The molecule has 1 N–H and O–H groups in total. The third kappa shape index (κ3) is 3.38. The molecule has 2 unspecified atom stereocenters. The number of likely N-dealkylation sites (tertiary alicyclic amines) is 1. The van der Waals surface area contributed by atoms with Crippen LogP contribution < -0.4 is 5.32 Å². The third-order valence-corrected chi connectivity index (χ3v) is 5.06. The summed E-state index contributed by atoms with van der Waals surface area (Å²) in [6, 6.07) is 5.84. The fraction of sp³-hybridized carbons (Fsp3) is 0.706. The van der Waals surface area contributed by atoms with Crippen molar-refractivity contribution in [3.05, 3.63) is 23.9 Å². The molecule has 2 atom stereocenters. The zero-order chi connectivity index (χ0) is 14.7. The predicted octanol–water partition coefficient (Wildman–Crippen LogP) is 2.57. The summed E-state index contributed by atoms with van der Waals surface area (Å²) >= 11 is 0. The Hall–Kier alpha value is -1.13. The number of aromatic nitrogens is 1. The molecule has 0 amide bonds. The zero-order valence-electron chi connectivity index (χ0n) is 13.4. The van der Waals surface area contributed by atoms with E-state index in [0.29, 0.717) is 0 Å². The first-order valence-corrected chi connectivity index (χ1v) is 8.40. The van der Waals surface area contributed by atoms with E-state index in [1.807, 2.05) is 6.20 Å². The molecular weight excluding hydrogens is 260 g/mol. The van der Waals surface area contributed by atoms with Gasteiger partial charge in [0.2, 0.25) is 0 Å². The van der Waals surface area contributed by atoms with Crippen molar-refractivity contribution in [2.75, 3.05) is 32.0 Å². The smallest absolute Gasteiger partial charge is 0.130 e. The van der Waals surface area contributed by atoms with Gasteiger partial charge in [-0.1, -0.05) is 13.0 Å². The van der Waals surface area contributed by atoms with Crippen LogP contribution >= 0.6 is 0 Å². The van der Waals surface area contributed by atoms with Gasteiger partial charge in [0.1, 0.15) is 5.82 Å². The average molecular weight is 288 g/mol. The molecule has 1 aromatic rings. The number of hydrogen-bond acceptors (Lipinski definition) is 4. The molecule has 3 rings (SSSR count). The highest BCUT2D eigenvalue weighted by Gasteiger charge is 2.34. The van der Waals surface area contributed by atoms with Crippen LogP contribution in [0.5, 0.6) is 0 Å². The van der Waals surface area contributed by atoms with E-state index in [2.05, 4.69) is 46.2 Å². The van der Waals surface area contributed by atoms with Crippen LogP contribution in [0.25, 0.3) is 0 Å². The highest BCUT2D eigenvalue weighted by molar-refractivity contribution is 5.43. The minimum absolute atomic E-state index is 0.751. The Kier molecular flexibility index (Phi) is 4.76. The minimum Gasteiger partial charge on any atom is -0.370 e. The fourth-order valence-electron chi connectivity index (χ4n) is 3.73. The number of nitrogens with zero attached hydrogens (tertiary/aromatic N) is 3. The maximum Gasteiger partial charge on any atom is 0.130 e. The fourth-order valence-corrected chi connectivity index (χ4v) is 3.73. The van der Waals surface area contributed by atoms with Gasteiger partial charge in [-0.25, -0.2) is 4.98 Å². The summed E-state index contributed by atoms with van der Waals surface area (Å²) in [7, 11) is 2.31. The molecule has 21 heavy (non-hydrogen) atoms. The molecule has 0 spiro atoms. The molecule has 2 saturated heterocycles. The molecule has 0 aliphatic carbocycles. The number of fused-ring (bicyclic) bond motifs is 2. The van der Waals surface area contributed by atoms with E-state index in [4.69, 9.17) is 0 Å². The first-order valence-electron chi connectivity index (χ1n) is 8.40. The molecular formula is C17H28N4. The number of nitrogens with one attached hydrogen (secondary N) is 1. The Morgan fingerprint density at radius 3 is 3.00 bits per heavy atom. The Morgan fingerprint density at radius 1 is 1.29 bits per heavy atom. The van der Waals surface area contributed by atoms with Crippen molar-refractivity contribution in [3.63, 3.8) is 0 Å². The van der Waals surface area contributed by atoms with Crippen molar-refractivity contribution in [3.8, 4) is 0 Å². The van der Waals surface area contributed by atoms with E-state index in [1.165, 1.54) is 37.9 Å². The summed E-state index contributed by atoms with van der Waals surface area (Å²) in [5.41, 5.74) is 1.34. The second kappa shape index (κ2) is 6.75. The average Bonchev–Trinajstić information content (AvgIpc) is 2.74. The zero-order valence-corrected chi connectivity index (χ0v) is 13.4. The maximum atomic E-state index is 4.52. The number of likely N-dealkylation sites (N-methyl/N-ethyl adjacent to an activating group) is 1. The predicted molar refractivity (Wildman–Crippen MR) is 87.5 cm³/mol. The highest BCUT2D eigenvalue weighted by atomic mass is 15.3. The van der Waals surface area contributed by atoms with Crippen molar-refractivity contribution in [2.45, 2.75) is 51.2 Å². The monoisotopic (exact) mass is 288 g/mol. The summed E-state index contributed by atoms with van der Waals surface area (Å²) in [6.07, 6.45) is 7.09. The minimum atomic E-state index is 0.751. The lowest BCUT2D eigenvalue weighted by atomic mass is 10.1. The van der Waals surface area contributed by atoms with E-state index in [1.54, 1.807) is 0 Å². The summed E-state index contributed by atoms with van der Waals surface area (Å²) in [5, 5.41) is 3.46. The summed E-state index contributed by atoms with van der Waals surface area (Å²) in [6.45, 7) is 6.63. The molecule has 2 aliphatic heterocycles. The lowest BCUT2D eigenvalue weighted by molar-refractivity contribution is 0.215. The Labute approximate surface area is 128 Å². The van der Waals surface area contributed by atoms with Gasteiger partial charge in [0, 0.05) is 50.0 Å². The van der Waals surface area contributed by atoms with Gasteiger partial charge in [0.05, 0.1) is 0 Å². The standard InChI is InChI=1S/C17H28N4/c1-3-9-18-17-14(5-4-10-19-17)12-21-11-8-15-6-7-16(13-21)20(15)2/h4-5,10,15-16H,3,6-9,11-13H2,1-2H3,(H,18,19). The quantitative estimate of drug-likeness (QED) is 0.902. The molecule has 4 nitrogen and oxygen atoms in total. The number of rotatable bonds is 5. The van der Waals surface area contributed by atoms with E-state index < -0.39 is 0 Å². The maximum absolute atomic E-state index is 4.52. The van der Waals surface area contributed by atoms with Gasteiger partial charge in [0.15, 0.2) is 0 Å². The van der Waals surface area contributed by atoms with Crippen LogP contribution in [0, 0.1) is 0 Å². The van der Waals surface area contributed by atoms with Gasteiger partial charge < -0.3 is 5.32 Å². The van der Waals surface area contributed by atoms with E-state index in [0.717, 1.165) is 37.4 Å². The summed E-state index contributed by atoms with van der Waals surface area (Å²) < 4.78 is 0. The SMILES string of the molecule is CCCNc1ncccc1CN1CCC2CCC(C1)N2C. The number of pyridine rings is 1. The second-order valence-electron chi connectivity index (χ2n) is 6.51. The Bertz CT molecular complexity index is 462. The molecule has 2 aliphatic rings. The van der Waals surface area contributed by atoms with Gasteiger partial charge in [-0.15, -0.1) is 0 Å². The van der Waals surface area contributed by atoms with Crippen LogP contribution in [0.3, 0.4) is 0 Å². The summed E-state index contributed by atoms with van der Waals surface area (Å²) in [4.78, 5) is 9.75. The van der Waals surface area contributed by atoms with E-state index in [9.17, 15) is 0 Å². The van der Waals surface area contributed by atoms with E-state index >= 15 is 0 Å². The van der Waals surface area contributed by atoms with Crippen molar-refractivity contribution in [2.24, 2.45) is 0 Å². The van der Waals surface area contributed by atoms with Gasteiger partial charge in [-0.2, -0.15) is 0 Å². The van der Waals surface area contributed by atoms with Crippen molar-refractivity contribution < 1.29 is 0 Å². The van der Waals surface area contributed by atoms with Crippen molar-refractivity contribution in [1.82, 2.24) is 14.8 Å². The largest absolute Gasteiger partial charge is 0.370 e. The first kappa shape index (κ1) is 14.8. The molecule has 1 aromatic heterocycles. The molecule has 0 radical (unpaired) electrons. The van der Waals surface area contributed by atoms with Gasteiger partial charge in [-0.3, -0.25) is 9.80 Å². The van der Waals surface area contributed by atoms with Gasteiger partial charge in [0.25, 0.3) is 0 Å². The van der Waals surface area contributed by atoms with Crippen LogP contribution in [-0.4, -0.2) is 53.5 Å². The number of anilines is 1. The highest BCUT2D eigenvalue weighted by Crippen LogP contribution is 2.29. The number of hydrogen-bond donors (Lipinski definition) is 1. The molecule has 0 aromatic carbocycles. The normalized spacial score (nSPS) is 26.8. The topological polar surface area (TPSA) is 31.4 Å². The van der Waals surface area contributed by atoms with Crippen LogP contribution in [0.1, 0.15) is 38.2 Å². The molecule has 4 heteroatoms. The van der Waals surface area contributed by atoms with Crippen LogP contribution in [0.4, 0.5) is 5.82 Å². The van der Waals surface area contributed by atoms with Crippen LogP contribution in [0.15, 0.2) is 18.3 Å². The Balaban J connectivity index is 1.66. The lowest BCUT2D eigenvalue weighted by Crippen LogP contribution is -2.36. The molecule has 0 saturated carbocycles. The molecule has 116 valence electrons. The van der Waals surface area contributed by atoms with Crippen LogP contribution in [0.2, 0.25) is 0 Å². The van der Waals surface area contributed by atoms with Crippen LogP contribution in [-0.2, 0) is 6.54 Å². The molecule has 2 bridgehead atoms. The third-order valence-electron chi connectivity index (χ3n) is 5.06. The van der Waals surface area contributed by atoms with E-state index in [-0.39, 0.29) is 0 Å². The van der Waals surface area contributed by atoms with Gasteiger partial charge >= 0.3 is 0 Å². The second-order valence-corrected chi connectivity index (χ2v) is 6.51. The molecule has 3 heterocycles. The Morgan fingerprint density at radius 2 is 2.14 bits per heavy atom. The lowest BCUT2D eigenvalue weighted by Gasteiger charge is -2.26. The summed E-state index contributed by atoms with van der Waals surface area (Å²) in [5.74, 6) is 1.07. The first-order chi connectivity index (χ1) is 10.3.